The van der Waals surface area contributed by atoms with Crippen LogP contribution >= 0.6 is 0 Å². The molecule has 1 amide bonds. The fourth-order valence-electron chi connectivity index (χ4n) is 4.02. The fourth-order valence-corrected chi connectivity index (χ4v) is 4.02. The van der Waals surface area contributed by atoms with E-state index in [0.29, 0.717) is 19.0 Å². The average molecular weight is 386 g/mol. The van der Waals surface area contributed by atoms with Crippen LogP contribution in [-0.4, -0.2) is 22.6 Å². The van der Waals surface area contributed by atoms with Crippen molar-refractivity contribution in [3.05, 3.63) is 89.7 Å². The molecule has 0 radical (unpaired) electrons. The number of aromatic nitrogens is 1. The monoisotopic (exact) mass is 386 g/mol. The van der Waals surface area contributed by atoms with Crippen molar-refractivity contribution >= 4 is 5.91 Å². The van der Waals surface area contributed by atoms with Gasteiger partial charge in [0.1, 0.15) is 0 Å². The topological polar surface area (TPSA) is 51.7 Å². The van der Waals surface area contributed by atoms with Gasteiger partial charge in [-0.2, -0.15) is 0 Å². The standard InChI is InChI=1S/C24H22N2O3/c27-24(21-12-20(21)18-7-2-1-3-8-18)26(14-17-6-5-11-25-13-17)15-19-9-4-10-22-23(19)29-16-28-22/h1-11,13,20-21H,12,14-16H2/t20-,21-/m0/s1. The molecule has 146 valence electrons. The lowest BCUT2D eigenvalue weighted by Crippen LogP contribution is -2.32. The molecule has 29 heavy (non-hydrogen) atoms. The Morgan fingerprint density at radius 1 is 1.00 bits per heavy atom. The first-order chi connectivity index (χ1) is 14.3. The molecule has 0 spiro atoms. The molecular formula is C24H22N2O3. The third kappa shape index (κ3) is 3.68. The van der Waals surface area contributed by atoms with Gasteiger partial charge in [0.05, 0.1) is 0 Å². The predicted molar refractivity (Wildman–Crippen MR) is 108 cm³/mol. The first-order valence-electron chi connectivity index (χ1n) is 9.90. The number of pyridine rings is 1. The number of benzene rings is 2. The Hall–Kier alpha value is -3.34. The largest absolute Gasteiger partial charge is 0.454 e. The molecule has 2 aliphatic rings. The van der Waals surface area contributed by atoms with Gasteiger partial charge in [0.25, 0.3) is 0 Å². The second kappa shape index (κ2) is 7.59. The summed E-state index contributed by atoms with van der Waals surface area (Å²) in [6.45, 7) is 1.23. The van der Waals surface area contributed by atoms with Crippen molar-refractivity contribution in [2.24, 2.45) is 5.92 Å². The number of rotatable bonds is 6. The molecule has 0 N–H and O–H groups in total. The van der Waals surface area contributed by atoms with E-state index in [1.165, 1.54) is 5.56 Å². The van der Waals surface area contributed by atoms with Gasteiger partial charge in [-0.1, -0.05) is 48.5 Å². The highest BCUT2D eigenvalue weighted by atomic mass is 16.7. The maximum absolute atomic E-state index is 13.4. The summed E-state index contributed by atoms with van der Waals surface area (Å²) in [5.41, 5.74) is 3.22. The maximum atomic E-state index is 13.4. The second-order valence-corrected chi connectivity index (χ2v) is 7.57. The number of carbonyl (C=O) groups is 1. The Morgan fingerprint density at radius 2 is 1.90 bits per heavy atom. The van der Waals surface area contributed by atoms with Crippen LogP contribution in [0.3, 0.4) is 0 Å². The summed E-state index contributed by atoms with van der Waals surface area (Å²) >= 11 is 0. The molecule has 1 aromatic heterocycles. The molecule has 5 heteroatoms. The van der Waals surface area contributed by atoms with E-state index in [2.05, 4.69) is 17.1 Å². The number of hydrogen-bond donors (Lipinski definition) is 0. The van der Waals surface area contributed by atoms with E-state index in [1.54, 1.807) is 6.20 Å². The minimum atomic E-state index is 0.0306. The fraction of sp³-hybridized carbons (Fsp3) is 0.250. The third-order valence-corrected chi connectivity index (χ3v) is 5.58. The van der Waals surface area contributed by atoms with Crippen LogP contribution in [0.4, 0.5) is 0 Å². The highest BCUT2D eigenvalue weighted by molar-refractivity contribution is 5.83. The SMILES string of the molecule is O=C([C@H]1C[C@H]1c1ccccc1)N(Cc1cccnc1)Cc1cccc2c1OCO2. The van der Waals surface area contributed by atoms with E-state index < -0.39 is 0 Å². The Labute approximate surface area is 169 Å². The number of carbonyl (C=O) groups excluding carboxylic acids is 1. The predicted octanol–water partition coefficient (Wildman–Crippen LogP) is 4.14. The smallest absolute Gasteiger partial charge is 0.231 e. The molecule has 2 atom stereocenters. The molecule has 3 aromatic rings. The molecule has 5 rings (SSSR count). The third-order valence-electron chi connectivity index (χ3n) is 5.58. The maximum Gasteiger partial charge on any atom is 0.231 e. The van der Waals surface area contributed by atoms with Gasteiger partial charge >= 0.3 is 0 Å². The molecule has 2 aromatic carbocycles. The zero-order valence-electron chi connectivity index (χ0n) is 16.0. The van der Waals surface area contributed by atoms with Crippen molar-refractivity contribution in [1.82, 2.24) is 9.88 Å². The van der Waals surface area contributed by atoms with Gasteiger partial charge in [-0.3, -0.25) is 9.78 Å². The number of para-hydroxylation sites is 1. The molecule has 1 saturated carbocycles. The van der Waals surface area contributed by atoms with E-state index in [4.69, 9.17) is 9.47 Å². The summed E-state index contributed by atoms with van der Waals surface area (Å²) in [4.78, 5) is 19.6. The first kappa shape index (κ1) is 17.7. The summed E-state index contributed by atoms with van der Waals surface area (Å²) in [7, 11) is 0. The zero-order valence-corrected chi connectivity index (χ0v) is 16.0. The Morgan fingerprint density at radius 3 is 2.72 bits per heavy atom. The van der Waals surface area contributed by atoms with Crippen LogP contribution in [0.25, 0.3) is 0 Å². The first-order valence-corrected chi connectivity index (χ1v) is 9.90. The van der Waals surface area contributed by atoms with Crippen molar-refractivity contribution in [3.8, 4) is 11.5 Å². The normalized spacial score (nSPS) is 19.0. The number of fused-ring (bicyclic) bond motifs is 1. The van der Waals surface area contributed by atoms with Gasteiger partial charge in [0, 0.05) is 37.0 Å². The summed E-state index contributed by atoms with van der Waals surface area (Å²) < 4.78 is 11.2. The lowest BCUT2D eigenvalue weighted by molar-refractivity contribution is -0.134. The quantitative estimate of drug-likeness (QED) is 0.639. The lowest BCUT2D eigenvalue weighted by Gasteiger charge is -2.24. The van der Waals surface area contributed by atoms with Gasteiger partial charge in [-0.25, -0.2) is 0 Å². The Bertz CT molecular complexity index is 1010. The van der Waals surface area contributed by atoms with Crippen molar-refractivity contribution in [3.63, 3.8) is 0 Å². The summed E-state index contributed by atoms with van der Waals surface area (Å²) in [6.07, 6.45) is 4.47. The molecule has 0 saturated heterocycles. The number of nitrogens with zero attached hydrogens (tertiary/aromatic N) is 2. The molecule has 1 aliphatic carbocycles. The van der Waals surface area contributed by atoms with Gasteiger partial charge in [-0.05, 0) is 35.6 Å². The van der Waals surface area contributed by atoms with Crippen LogP contribution in [0.5, 0.6) is 11.5 Å². The highest BCUT2D eigenvalue weighted by Crippen LogP contribution is 2.49. The van der Waals surface area contributed by atoms with E-state index in [1.807, 2.05) is 59.6 Å². The van der Waals surface area contributed by atoms with E-state index >= 15 is 0 Å². The molecule has 0 unspecified atom stereocenters. The van der Waals surface area contributed by atoms with E-state index in [0.717, 1.165) is 29.0 Å². The van der Waals surface area contributed by atoms with Crippen LogP contribution in [0.1, 0.15) is 29.0 Å². The lowest BCUT2D eigenvalue weighted by atomic mass is 10.1. The molecule has 2 heterocycles. The van der Waals surface area contributed by atoms with Crippen molar-refractivity contribution in [1.29, 1.82) is 0 Å². The summed E-state index contributed by atoms with van der Waals surface area (Å²) in [5, 5.41) is 0. The highest BCUT2D eigenvalue weighted by Gasteiger charge is 2.45. The van der Waals surface area contributed by atoms with Gasteiger partial charge in [-0.15, -0.1) is 0 Å². The van der Waals surface area contributed by atoms with Crippen LogP contribution in [0, 0.1) is 5.92 Å². The van der Waals surface area contributed by atoms with Gasteiger partial charge in [0.15, 0.2) is 11.5 Å². The van der Waals surface area contributed by atoms with Gasteiger partial charge in [0.2, 0.25) is 12.7 Å². The van der Waals surface area contributed by atoms with Crippen LogP contribution in [0.15, 0.2) is 73.1 Å². The number of hydrogen-bond acceptors (Lipinski definition) is 4. The Kier molecular flexibility index (Phi) is 4.64. The van der Waals surface area contributed by atoms with Crippen LogP contribution in [-0.2, 0) is 17.9 Å². The molecule has 1 aliphatic heterocycles. The van der Waals surface area contributed by atoms with Crippen LogP contribution in [0.2, 0.25) is 0 Å². The van der Waals surface area contributed by atoms with Crippen LogP contribution < -0.4 is 9.47 Å². The average Bonchev–Trinajstić information content (AvgIpc) is 3.42. The summed E-state index contributed by atoms with van der Waals surface area (Å²) in [5.74, 6) is 2.00. The minimum Gasteiger partial charge on any atom is -0.454 e. The van der Waals surface area contributed by atoms with E-state index in [9.17, 15) is 4.79 Å². The van der Waals surface area contributed by atoms with Gasteiger partial charge < -0.3 is 14.4 Å². The molecular weight excluding hydrogens is 364 g/mol. The van der Waals surface area contributed by atoms with Crippen molar-refractivity contribution in [2.75, 3.05) is 6.79 Å². The minimum absolute atomic E-state index is 0.0306. The number of amides is 1. The number of ether oxygens (including phenoxy) is 2. The molecule has 1 fully saturated rings. The second-order valence-electron chi connectivity index (χ2n) is 7.57. The molecule has 0 bridgehead atoms. The molecule has 5 nitrogen and oxygen atoms in total. The summed E-state index contributed by atoms with van der Waals surface area (Å²) in [6, 6.07) is 20.0. The zero-order chi connectivity index (χ0) is 19.6. The van der Waals surface area contributed by atoms with E-state index in [-0.39, 0.29) is 18.6 Å². The van der Waals surface area contributed by atoms with Crippen molar-refractivity contribution in [2.45, 2.75) is 25.4 Å². The Balaban J connectivity index is 1.39. The van der Waals surface area contributed by atoms with Crippen molar-refractivity contribution < 1.29 is 14.3 Å².